The molecule has 0 radical (unpaired) electrons. The first-order valence-corrected chi connectivity index (χ1v) is 7.54. The third-order valence-corrected chi connectivity index (χ3v) is 4.25. The molecule has 4 heteroatoms. The van der Waals surface area contributed by atoms with Crippen molar-refractivity contribution in [3.63, 3.8) is 0 Å². The van der Waals surface area contributed by atoms with Crippen LogP contribution in [0, 0.1) is 0 Å². The Kier molecular flexibility index (Phi) is 3.71. The Morgan fingerprint density at radius 2 is 2.00 bits per heavy atom. The third kappa shape index (κ3) is 2.60. The lowest BCUT2D eigenvalue weighted by atomic mass is 9.90. The van der Waals surface area contributed by atoms with Crippen molar-refractivity contribution >= 4 is 15.9 Å². The summed E-state index contributed by atoms with van der Waals surface area (Å²) < 4.78 is 0.895. The molecule has 0 bridgehead atoms. The van der Waals surface area contributed by atoms with Crippen LogP contribution in [0.25, 0.3) is 11.3 Å². The molecule has 1 heterocycles. The Bertz CT molecular complexity index is 592. The summed E-state index contributed by atoms with van der Waals surface area (Å²) in [4.78, 5) is 7.73. The second kappa shape index (κ2) is 5.47. The quantitative estimate of drug-likeness (QED) is 0.912. The fourth-order valence-electron chi connectivity index (χ4n) is 2.69. The van der Waals surface area contributed by atoms with E-state index in [0.717, 1.165) is 21.7 Å². The highest BCUT2D eigenvalue weighted by Gasteiger charge is 2.14. The molecule has 19 heavy (non-hydrogen) atoms. The number of aliphatic hydroxyl groups is 1. The van der Waals surface area contributed by atoms with Crippen LogP contribution < -0.4 is 0 Å². The summed E-state index contributed by atoms with van der Waals surface area (Å²) in [6, 6.07) is 6.64. The van der Waals surface area contributed by atoms with Crippen molar-refractivity contribution in [2.75, 3.05) is 6.61 Å². The Morgan fingerprint density at radius 3 is 2.79 bits per heavy atom. The molecule has 0 saturated heterocycles. The second-order valence-electron chi connectivity index (χ2n) is 5.01. The number of halogens is 1. The van der Waals surface area contributed by atoms with Crippen LogP contribution in [0.1, 0.15) is 29.8 Å². The maximum absolute atomic E-state index is 8.97. The highest BCUT2D eigenvalue weighted by Crippen LogP contribution is 2.30. The lowest BCUT2D eigenvalue weighted by Gasteiger charge is -2.16. The summed E-state index contributed by atoms with van der Waals surface area (Å²) in [5.41, 5.74) is 5.03. The van der Waals surface area contributed by atoms with Gasteiger partial charge < -0.3 is 10.1 Å². The first-order valence-electron chi connectivity index (χ1n) is 6.75. The van der Waals surface area contributed by atoms with Gasteiger partial charge in [0.15, 0.2) is 0 Å². The van der Waals surface area contributed by atoms with E-state index < -0.39 is 0 Å². The van der Waals surface area contributed by atoms with Gasteiger partial charge in [-0.3, -0.25) is 0 Å². The molecule has 1 aliphatic carbocycles. The van der Waals surface area contributed by atoms with Crippen molar-refractivity contribution < 1.29 is 5.11 Å². The number of aromatic nitrogens is 2. The van der Waals surface area contributed by atoms with Crippen LogP contribution >= 0.6 is 15.9 Å². The Labute approximate surface area is 121 Å². The smallest absolute Gasteiger partial charge is 0.110 e. The van der Waals surface area contributed by atoms with Crippen molar-refractivity contribution in [3.05, 3.63) is 39.8 Å². The molecule has 1 aromatic heterocycles. The number of nitrogens with zero attached hydrogens (tertiary/aromatic N) is 1. The molecule has 0 spiro atoms. The molecule has 1 aromatic carbocycles. The minimum atomic E-state index is 0.115. The average Bonchev–Trinajstić information content (AvgIpc) is 2.79. The van der Waals surface area contributed by atoms with Crippen LogP contribution in [-0.4, -0.2) is 21.7 Å². The Morgan fingerprint density at radius 1 is 1.21 bits per heavy atom. The first kappa shape index (κ1) is 12.9. The van der Waals surface area contributed by atoms with Gasteiger partial charge in [-0.1, -0.05) is 12.1 Å². The van der Waals surface area contributed by atoms with E-state index >= 15 is 0 Å². The predicted octanol–water partition coefficient (Wildman–Crippen LogP) is 3.25. The molecule has 0 aliphatic heterocycles. The summed E-state index contributed by atoms with van der Waals surface area (Å²) in [6.45, 7) is 0.115. The lowest BCUT2D eigenvalue weighted by molar-refractivity contribution is 0.297. The fraction of sp³-hybridized carbons (Fsp3) is 0.400. The van der Waals surface area contributed by atoms with E-state index in [2.05, 4.69) is 44.1 Å². The number of hydrogen-bond donors (Lipinski definition) is 2. The van der Waals surface area contributed by atoms with Gasteiger partial charge in [0.25, 0.3) is 0 Å². The van der Waals surface area contributed by atoms with Gasteiger partial charge in [0.1, 0.15) is 16.1 Å². The van der Waals surface area contributed by atoms with Gasteiger partial charge in [-0.15, -0.1) is 0 Å². The van der Waals surface area contributed by atoms with Gasteiger partial charge in [0, 0.05) is 12.0 Å². The molecule has 1 aliphatic rings. The van der Waals surface area contributed by atoms with E-state index in [-0.39, 0.29) is 6.61 Å². The number of aryl methyl sites for hydroxylation is 2. The molecule has 0 unspecified atom stereocenters. The van der Waals surface area contributed by atoms with E-state index in [4.69, 9.17) is 5.11 Å². The number of aliphatic hydroxyl groups excluding tert-OH is 1. The zero-order valence-electron chi connectivity index (χ0n) is 10.7. The summed E-state index contributed by atoms with van der Waals surface area (Å²) in [5.74, 6) is 0.821. The number of nitrogens with one attached hydrogen (secondary N) is 1. The van der Waals surface area contributed by atoms with E-state index in [9.17, 15) is 0 Å². The van der Waals surface area contributed by atoms with Gasteiger partial charge >= 0.3 is 0 Å². The normalized spacial score (nSPS) is 14.4. The van der Waals surface area contributed by atoms with Crippen LogP contribution in [0.2, 0.25) is 0 Å². The van der Waals surface area contributed by atoms with Crippen LogP contribution in [0.5, 0.6) is 0 Å². The number of rotatable bonds is 3. The fourth-order valence-corrected chi connectivity index (χ4v) is 3.24. The predicted molar refractivity (Wildman–Crippen MR) is 79.2 cm³/mol. The molecule has 3 rings (SSSR count). The molecule has 2 aromatic rings. The number of H-pyrrole nitrogens is 1. The van der Waals surface area contributed by atoms with Crippen molar-refractivity contribution in [1.82, 2.24) is 9.97 Å². The second-order valence-corrected chi connectivity index (χ2v) is 5.80. The highest BCUT2D eigenvalue weighted by atomic mass is 79.9. The summed E-state index contributed by atoms with van der Waals surface area (Å²) in [7, 11) is 0. The highest BCUT2D eigenvalue weighted by molar-refractivity contribution is 9.10. The van der Waals surface area contributed by atoms with Gasteiger partial charge in [-0.05, 0) is 58.8 Å². The molecule has 3 nitrogen and oxygen atoms in total. The van der Waals surface area contributed by atoms with Crippen LogP contribution in [0.4, 0.5) is 0 Å². The van der Waals surface area contributed by atoms with Crippen molar-refractivity contribution in [2.45, 2.75) is 32.1 Å². The van der Waals surface area contributed by atoms with Crippen LogP contribution in [0.15, 0.2) is 22.8 Å². The van der Waals surface area contributed by atoms with Gasteiger partial charge in [-0.25, -0.2) is 4.98 Å². The molecule has 100 valence electrons. The van der Waals surface area contributed by atoms with E-state index in [1.165, 1.54) is 36.8 Å². The average molecular weight is 321 g/mol. The number of hydrogen-bond acceptors (Lipinski definition) is 2. The standard InChI is InChI=1S/C15H17BrN2O/c16-15-14(17-13(18-15)7-8-19)12-6-5-10-3-1-2-4-11(10)9-12/h5-6,9,19H,1-4,7-8H2,(H,17,18). The third-order valence-electron chi connectivity index (χ3n) is 3.68. The number of imidazole rings is 1. The number of aromatic amines is 1. The van der Waals surface area contributed by atoms with Gasteiger partial charge in [0.05, 0.1) is 6.61 Å². The molecular weight excluding hydrogens is 304 g/mol. The zero-order valence-corrected chi connectivity index (χ0v) is 12.3. The van der Waals surface area contributed by atoms with Gasteiger partial charge in [0.2, 0.25) is 0 Å². The maximum Gasteiger partial charge on any atom is 0.110 e. The van der Waals surface area contributed by atoms with E-state index in [0.29, 0.717) is 6.42 Å². The zero-order chi connectivity index (χ0) is 13.2. The summed E-state index contributed by atoms with van der Waals surface area (Å²) >= 11 is 3.52. The minimum absolute atomic E-state index is 0.115. The SMILES string of the molecule is OCCc1nc(-c2ccc3c(c2)CCCC3)c(Br)[nH]1. The monoisotopic (exact) mass is 320 g/mol. The summed E-state index contributed by atoms with van der Waals surface area (Å²) in [5, 5.41) is 8.97. The Balaban J connectivity index is 1.97. The summed E-state index contributed by atoms with van der Waals surface area (Å²) in [6.07, 6.45) is 5.53. The molecule has 0 amide bonds. The molecule has 0 saturated carbocycles. The maximum atomic E-state index is 8.97. The Hall–Kier alpha value is -1.13. The largest absolute Gasteiger partial charge is 0.396 e. The van der Waals surface area contributed by atoms with Crippen LogP contribution in [0.3, 0.4) is 0 Å². The van der Waals surface area contributed by atoms with Gasteiger partial charge in [-0.2, -0.15) is 0 Å². The molecule has 2 N–H and O–H groups in total. The number of fused-ring (bicyclic) bond motifs is 1. The minimum Gasteiger partial charge on any atom is -0.396 e. The lowest BCUT2D eigenvalue weighted by Crippen LogP contribution is -2.02. The first-order chi connectivity index (χ1) is 9.28. The van der Waals surface area contributed by atoms with Crippen molar-refractivity contribution in [3.8, 4) is 11.3 Å². The number of benzene rings is 1. The topological polar surface area (TPSA) is 48.9 Å². The molecular formula is C15H17BrN2O. The van der Waals surface area contributed by atoms with Crippen LogP contribution in [-0.2, 0) is 19.3 Å². The molecule has 0 atom stereocenters. The van der Waals surface area contributed by atoms with E-state index in [1.807, 2.05) is 0 Å². The van der Waals surface area contributed by atoms with Crippen molar-refractivity contribution in [1.29, 1.82) is 0 Å². The van der Waals surface area contributed by atoms with E-state index in [1.54, 1.807) is 0 Å². The molecule has 0 fully saturated rings. The van der Waals surface area contributed by atoms with Crippen molar-refractivity contribution in [2.24, 2.45) is 0 Å².